The van der Waals surface area contributed by atoms with Crippen LogP contribution in [0.2, 0.25) is 0 Å². The summed E-state index contributed by atoms with van der Waals surface area (Å²) in [6.45, 7) is 4.42. The van der Waals surface area contributed by atoms with Gasteiger partial charge in [-0.3, -0.25) is 0 Å². The van der Waals surface area contributed by atoms with Crippen LogP contribution in [-0.2, 0) is 0 Å². The summed E-state index contributed by atoms with van der Waals surface area (Å²) < 4.78 is 20.1. The average molecular weight is 338 g/mol. The number of benzene rings is 2. The van der Waals surface area contributed by atoms with Gasteiger partial charge in [-0.05, 0) is 68.4 Å². The van der Waals surface area contributed by atoms with Crippen molar-refractivity contribution >= 4 is 10.8 Å². The maximum atomic E-state index is 14.6. The maximum Gasteiger partial charge on any atom is 0.172 e. The van der Waals surface area contributed by atoms with Crippen LogP contribution >= 0.6 is 0 Å². The van der Waals surface area contributed by atoms with E-state index in [1.54, 1.807) is 6.07 Å². The predicted octanol–water partition coefficient (Wildman–Crippen LogP) is 6.78. The van der Waals surface area contributed by atoms with E-state index < -0.39 is 0 Å². The lowest BCUT2D eigenvalue weighted by Crippen LogP contribution is -2.11. The van der Waals surface area contributed by atoms with Crippen molar-refractivity contribution in [3.63, 3.8) is 0 Å². The topological polar surface area (TPSA) is 9.23 Å². The maximum absolute atomic E-state index is 14.6. The molecule has 0 amide bonds. The number of fused-ring (bicyclic) bond motifs is 1. The smallest absolute Gasteiger partial charge is 0.172 e. The number of allylic oxidation sites excluding steroid dienone is 3. The van der Waals surface area contributed by atoms with Crippen molar-refractivity contribution < 1.29 is 9.13 Å². The van der Waals surface area contributed by atoms with Gasteiger partial charge in [0.1, 0.15) is 6.61 Å². The highest BCUT2D eigenvalue weighted by Gasteiger charge is 2.21. The van der Waals surface area contributed by atoms with Gasteiger partial charge >= 0.3 is 0 Å². The molecule has 2 aromatic carbocycles. The van der Waals surface area contributed by atoms with E-state index in [-0.39, 0.29) is 5.82 Å². The molecule has 0 N–H and O–H groups in total. The Balaban J connectivity index is 1.78. The fourth-order valence-corrected chi connectivity index (χ4v) is 3.81. The highest BCUT2D eigenvalue weighted by atomic mass is 19.1. The quantitative estimate of drug-likeness (QED) is 0.546. The minimum atomic E-state index is -0.259. The number of ether oxygens (including phenoxy) is 1. The van der Waals surface area contributed by atoms with Gasteiger partial charge in [-0.25, -0.2) is 4.39 Å². The molecule has 0 bridgehead atoms. The predicted molar refractivity (Wildman–Crippen MR) is 104 cm³/mol. The Hall–Kier alpha value is -2.09. The molecule has 1 fully saturated rings. The van der Waals surface area contributed by atoms with Crippen molar-refractivity contribution in [1.29, 1.82) is 0 Å². The molecule has 1 nitrogen and oxygen atoms in total. The van der Waals surface area contributed by atoms with Crippen molar-refractivity contribution in [2.75, 3.05) is 6.61 Å². The Morgan fingerprint density at radius 3 is 2.56 bits per heavy atom. The molecule has 1 aliphatic carbocycles. The van der Waals surface area contributed by atoms with Crippen LogP contribution in [0.15, 0.2) is 54.6 Å². The van der Waals surface area contributed by atoms with E-state index in [0.717, 1.165) is 11.3 Å². The molecule has 1 aliphatic rings. The molecule has 0 radical (unpaired) electrons. The van der Waals surface area contributed by atoms with E-state index in [2.05, 4.69) is 31.2 Å². The highest BCUT2D eigenvalue weighted by molar-refractivity contribution is 5.85. The van der Waals surface area contributed by atoms with Gasteiger partial charge < -0.3 is 4.74 Å². The van der Waals surface area contributed by atoms with Crippen LogP contribution in [0.4, 0.5) is 4.39 Å². The summed E-state index contributed by atoms with van der Waals surface area (Å²) in [5.41, 5.74) is 1.34. The lowest BCUT2D eigenvalue weighted by molar-refractivity contribution is 0.343. The van der Waals surface area contributed by atoms with Gasteiger partial charge in [0.05, 0.1) is 0 Å². The Labute approximate surface area is 150 Å². The van der Waals surface area contributed by atoms with E-state index in [1.807, 2.05) is 31.2 Å². The molecule has 0 aliphatic heterocycles. The second-order valence-corrected chi connectivity index (χ2v) is 6.88. The van der Waals surface area contributed by atoms with Crippen molar-refractivity contribution in [3.8, 4) is 5.75 Å². The first-order valence-corrected chi connectivity index (χ1v) is 9.32. The van der Waals surface area contributed by atoms with Gasteiger partial charge in [0.25, 0.3) is 0 Å². The molecule has 0 saturated heterocycles. The Kier molecular flexibility index (Phi) is 5.91. The van der Waals surface area contributed by atoms with Gasteiger partial charge in [-0.1, -0.05) is 48.6 Å². The summed E-state index contributed by atoms with van der Waals surface area (Å²) in [4.78, 5) is 0. The summed E-state index contributed by atoms with van der Waals surface area (Å²) in [6.07, 6.45) is 13.2. The van der Waals surface area contributed by atoms with Crippen LogP contribution in [0, 0.1) is 11.7 Å². The molecule has 1 saturated carbocycles. The minimum absolute atomic E-state index is 0.259. The van der Waals surface area contributed by atoms with Gasteiger partial charge in [-0.2, -0.15) is 0 Å². The van der Waals surface area contributed by atoms with Crippen LogP contribution < -0.4 is 4.74 Å². The monoisotopic (exact) mass is 338 g/mol. The van der Waals surface area contributed by atoms with Gasteiger partial charge in [0.15, 0.2) is 11.6 Å². The zero-order valence-corrected chi connectivity index (χ0v) is 15.2. The van der Waals surface area contributed by atoms with Crippen molar-refractivity contribution in [2.24, 2.45) is 5.92 Å². The zero-order chi connectivity index (χ0) is 17.6. The number of rotatable bonds is 5. The normalized spacial score (nSPS) is 21.4. The van der Waals surface area contributed by atoms with E-state index in [4.69, 9.17) is 4.74 Å². The van der Waals surface area contributed by atoms with Gasteiger partial charge in [0, 0.05) is 5.39 Å². The lowest BCUT2D eigenvalue weighted by atomic mass is 9.78. The Morgan fingerprint density at radius 1 is 1.04 bits per heavy atom. The molecule has 132 valence electrons. The SMILES string of the molecule is CC=CCOc1ccc2cc(C3CCC(/C=C/C)CC3)ccc2c1F. The van der Waals surface area contributed by atoms with Crippen LogP contribution in [0.1, 0.15) is 51.0 Å². The molecule has 0 aromatic heterocycles. The van der Waals surface area contributed by atoms with Crippen LogP contribution in [0.3, 0.4) is 0 Å². The summed E-state index contributed by atoms with van der Waals surface area (Å²) in [5, 5.41) is 1.60. The average Bonchev–Trinajstić information content (AvgIpc) is 2.64. The molecule has 25 heavy (non-hydrogen) atoms. The summed E-state index contributed by atoms with van der Waals surface area (Å²) >= 11 is 0. The Morgan fingerprint density at radius 2 is 1.84 bits per heavy atom. The second kappa shape index (κ2) is 8.33. The summed E-state index contributed by atoms with van der Waals surface area (Å²) in [6, 6.07) is 9.89. The van der Waals surface area contributed by atoms with Crippen LogP contribution in [-0.4, -0.2) is 6.61 Å². The van der Waals surface area contributed by atoms with E-state index in [9.17, 15) is 4.39 Å². The standard InChI is InChI=1S/C23H27FO/c1-3-5-15-25-22-14-12-20-16-19(11-13-21(20)23(22)24)18-9-7-17(6-4-2)8-10-18/h3-6,11-14,16-18H,7-10,15H2,1-2H3/b5-3?,6-4+. The first kappa shape index (κ1) is 17.7. The first-order valence-electron chi connectivity index (χ1n) is 9.32. The fourth-order valence-electron chi connectivity index (χ4n) is 3.81. The van der Waals surface area contributed by atoms with Crippen LogP contribution in [0.5, 0.6) is 5.75 Å². The molecular weight excluding hydrogens is 311 g/mol. The van der Waals surface area contributed by atoms with Crippen molar-refractivity contribution in [1.82, 2.24) is 0 Å². The largest absolute Gasteiger partial charge is 0.486 e. The molecular formula is C23H27FO. The lowest BCUT2D eigenvalue weighted by Gasteiger charge is -2.27. The van der Waals surface area contributed by atoms with Crippen LogP contribution in [0.25, 0.3) is 10.8 Å². The third-order valence-electron chi connectivity index (χ3n) is 5.22. The van der Waals surface area contributed by atoms with Gasteiger partial charge in [-0.15, -0.1) is 0 Å². The first-order chi connectivity index (χ1) is 12.2. The summed E-state index contributed by atoms with van der Waals surface area (Å²) in [7, 11) is 0. The number of hydrogen-bond acceptors (Lipinski definition) is 1. The second-order valence-electron chi connectivity index (χ2n) is 6.88. The fraction of sp³-hybridized carbons (Fsp3) is 0.391. The van der Waals surface area contributed by atoms with Gasteiger partial charge in [0.2, 0.25) is 0 Å². The molecule has 0 atom stereocenters. The Bertz CT molecular complexity index is 767. The molecule has 0 unspecified atom stereocenters. The molecule has 2 aromatic rings. The van der Waals surface area contributed by atoms with E-state index >= 15 is 0 Å². The highest BCUT2D eigenvalue weighted by Crippen LogP contribution is 2.38. The third kappa shape index (κ3) is 4.12. The molecule has 3 rings (SSSR count). The number of hydrogen-bond donors (Lipinski definition) is 0. The zero-order valence-electron chi connectivity index (χ0n) is 15.2. The third-order valence-corrected chi connectivity index (χ3v) is 5.22. The van der Waals surface area contributed by atoms with E-state index in [1.165, 1.54) is 31.2 Å². The van der Waals surface area contributed by atoms with Crippen molar-refractivity contribution in [2.45, 2.75) is 45.4 Å². The van der Waals surface area contributed by atoms with Crippen molar-refractivity contribution in [3.05, 3.63) is 66.0 Å². The molecule has 0 spiro atoms. The number of halogens is 1. The minimum Gasteiger partial charge on any atom is -0.486 e. The summed E-state index contributed by atoms with van der Waals surface area (Å²) in [5.74, 6) is 1.39. The van der Waals surface area contributed by atoms with E-state index in [0.29, 0.717) is 23.7 Å². The molecule has 2 heteroatoms. The molecule has 0 heterocycles.